The van der Waals surface area contributed by atoms with Gasteiger partial charge in [0.1, 0.15) is 0 Å². The quantitative estimate of drug-likeness (QED) is 0.778. The highest BCUT2D eigenvalue weighted by Gasteiger charge is 2.36. The lowest BCUT2D eigenvalue weighted by atomic mass is 10.0. The van der Waals surface area contributed by atoms with Crippen LogP contribution in [0.4, 0.5) is 18.9 Å². The van der Waals surface area contributed by atoms with Crippen molar-refractivity contribution in [1.82, 2.24) is 14.7 Å². The summed E-state index contributed by atoms with van der Waals surface area (Å²) in [6.07, 6.45) is -3.81. The molecule has 1 amide bonds. The number of hydrogen-bond acceptors (Lipinski definition) is 4. The molecule has 2 saturated heterocycles. The van der Waals surface area contributed by atoms with Crippen molar-refractivity contribution in [3.63, 3.8) is 0 Å². The molecule has 3 rings (SSSR count). The number of carbonyl (C=O) groups is 1. The predicted octanol–water partition coefficient (Wildman–Crippen LogP) is 2.16. The summed E-state index contributed by atoms with van der Waals surface area (Å²) in [5.41, 5.74) is 0.317. The number of aryl methyl sites for hydroxylation is 1. The minimum atomic E-state index is -4.38. The second-order valence-corrected chi connectivity index (χ2v) is 7.65. The molecule has 0 bridgehead atoms. The molecule has 0 atom stereocenters. The Morgan fingerprint density at radius 1 is 1.00 bits per heavy atom. The first-order valence-corrected chi connectivity index (χ1v) is 9.91. The highest BCUT2D eigenvalue weighted by Crippen LogP contribution is 2.37. The van der Waals surface area contributed by atoms with Gasteiger partial charge in [-0.1, -0.05) is 13.0 Å². The maximum absolute atomic E-state index is 13.5. The first-order chi connectivity index (χ1) is 13.3. The van der Waals surface area contributed by atoms with Gasteiger partial charge in [-0.15, -0.1) is 0 Å². The average Bonchev–Trinajstić information content (AvgIpc) is 2.68. The molecule has 5 nitrogen and oxygen atoms in total. The van der Waals surface area contributed by atoms with Crippen molar-refractivity contribution in [1.29, 1.82) is 0 Å². The smallest absolute Gasteiger partial charge is 0.367 e. The molecule has 0 aliphatic carbocycles. The Balaban J connectivity index is 1.60. The van der Waals surface area contributed by atoms with Crippen molar-refractivity contribution >= 4 is 11.6 Å². The lowest BCUT2D eigenvalue weighted by Crippen LogP contribution is -2.53. The van der Waals surface area contributed by atoms with Crippen LogP contribution in [0.3, 0.4) is 0 Å². The molecule has 0 spiro atoms. The van der Waals surface area contributed by atoms with E-state index in [1.54, 1.807) is 21.9 Å². The van der Waals surface area contributed by atoms with E-state index >= 15 is 0 Å². The molecular weight excluding hydrogens is 369 g/mol. The SMILES string of the molecule is CCc1ccc(N2CCN(C(=O)CN3CCN(C)CC3)CC2)c(C(F)(F)F)c1. The van der Waals surface area contributed by atoms with Crippen LogP contribution in [0, 0.1) is 0 Å². The molecule has 2 fully saturated rings. The van der Waals surface area contributed by atoms with Gasteiger partial charge in [0, 0.05) is 58.0 Å². The van der Waals surface area contributed by atoms with Gasteiger partial charge >= 0.3 is 6.18 Å². The number of rotatable bonds is 4. The van der Waals surface area contributed by atoms with Gasteiger partial charge < -0.3 is 14.7 Å². The van der Waals surface area contributed by atoms with Gasteiger partial charge in [0.2, 0.25) is 5.91 Å². The molecule has 28 heavy (non-hydrogen) atoms. The summed E-state index contributed by atoms with van der Waals surface area (Å²) < 4.78 is 40.5. The van der Waals surface area contributed by atoms with Crippen molar-refractivity contribution in [3.05, 3.63) is 29.3 Å². The molecule has 2 aliphatic heterocycles. The third-order valence-electron chi connectivity index (χ3n) is 5.70. The fourth-order valence-corrected chi connectivity index (χ4v) is 3.80. The maximum atomic E-state index is 13.5. The summed E-state index contributed by atoms with van der Waals surface area (Å²) in [6, 6.07) is 4.58. The van der Waals surface area contributed by atoms with Crippen LogP contribution in [0.2, 0.25) is 0 Å². The van der Waals surface area contributed by atoms with E-state index in [-0.39, 0.29) is 11.6 Å². The van der Waals surface area contributed by atoms with E-state index in [1.165, 1.54) is 6.07 Å². The largest absolute Gasteiger partial charge is 0.418 e. The normalized spacial score (nSPS) is 19.9. The van der Waals surface area contributed by atoms with Crippen LogP contribution in [0.15, 0.2) is 18.2 Å². The molecule has 0 aromatic heterocycles. The predicted molar refractivity (Wildman–Crippen MR) is 104 cm³/mol. The minimum Gasteiger partial charge on any atom is -0.367 e. The Bertz CT molecular complexity index is 679. The fourth-order valence-electron chi connectivity index (χ4n) is 3.80. The summed E-state index contributed by atoms with van der Waals surface area (Å²) in [5.74, 6) is 0.0709. The second kappa shape index (κ2) is 8.69. The lowest BCUT2D eigenvalue weighted by Gasteiger charge is -2.39. The number of amides is 1. The zero-order chi connectivity index (χ0) is 20.3. The molecular formula is C20H29F3N4O. The van der Waals surface area contributed by atoms with Gasteiger partial charge in [-0.25, -0.2) is 0 Å². The second-order valence-electron chi connectivity index (χ2n) is 7.65. The highest BCUT2D eigenvalue weighted by molar-refractivity contribution is 5.78. The van der Waals surface area contributed by atoms with E-state index in [9.17, 15) is 18.0 Å². The molecule has 156 valence electrons. The average molecular weight is 398 g/mol. The van der Waals surface area contributed by atoms with Gasteiger partial charge in [0.25, 0.3) is 0 Å². The van der Waals surface area contributed by atoms with Crippen molar-refractivity contribution in [2.75, 3.05) is 70.9 Å². The van der Waals surface area contributed by atoms with Crippen molar-refractivity contribution < 1.29 is 18.0 Å². The van der Waals surface area contributed by atoms with Crippen LogP contribution in [-0.4, -0.2) is 86.6 Å². The lowest BCUT2D eigenvalue weighted by molar-refractivity contribution is -0.137. The molecule has 1 aromatic rings. The molecule has 0 saturated carbocycles. The van der Waals surface area contributed by atoms with Crippen LogP contribution >= 0.6 is 0 Å². The minimum absolute atomic E-state index is 0.0709. The summed E-state index contributed by atoms with van der Waals surface area (Å²) in [5, 5.41) is 0. The van der Waals surface area contributed by atoms with Gasteiger partial charge in [0.15, 0.2) is 0 Å². The van der Waals surface area contributed by atoms with E-state index in [4.69, 9.17) is 0 Å². The molecule has 0 radical (unpaired) electrons. The standard InChI is InChI=1S/C20H29F3N4O/c1-3-16-4-5-18(17(14-16)20(21,22)23)26-10-12-27(13-11-26)19(28)15-25-8-6-24(2)7-9-25/h4-5,14H,3,6-13,15H2,1-2H3. The molecule has 1 aromatic carbocycles. The van der Waals surface area contributed by atoms with Crippen LogP contribution in [0.1, 0.15) is 18.1 Å². The van der Waals surface area contributed by atoms with E-state index in [0.717, 1.165) is 26.2 Å². The topological polar surface area (TPSA) is 30.0 Å². The van der Waals surface area contributed by atoms with Gasteiger partial charge in [0.05, 0.1) is 12.1 Å². The first kappa shape index (κ1) is 20.9. The Kier molecular flexibility index (Phi) is 6.50. The number of alkyl halides is 3. The van der Waals surface area contributed by atoms with Crippen molar-refractivity contribution in [2.24, 2.45) is 0 Å². The van der Waals surface area contributed by atoms with E-state index in [1.807, 2.05) is 6.92 Å². The Morgan fingerprint density at radius 3 is 2.21 bits per heavy atom. The van der Waals surface area contributed by atoms with Crippen LogP contribution in [-0.2, 0) is 17.4 Å². The molecule has 2 aliphatic rings. The number of likely N-dealkylation sites (N-methyl/N-ethyl adjacent to an activating group) is 1. The molecule has 0 unspecified atom stereocenters. The van der Waals surface area contributed by atoms with Crippen LogP contribution in [0.5, 0.6) is 0 Å². The number of halogens is 3. The van der Waals surface area contributed by atoms with Gasteiger partial charge in [-0.05, 0) is 31.2 Å². The van der Waals surface area contributed by atoms with E-state index < -0.39 is 11.7 Å². The monoisotopic (exact) mass is 398 g/mol. The van der Waals surface area contributed by atoms with Crippen LogP contribution < -0.4 is 4.90 Å². The molecule has 8 heteroatoms. The zero-order valence-corrected chi connectivity index (χ0v) is 16.6. The number of benzene rings is 1. The fraction of sp³-hybridized carbons (Fsp3) is 0.650. The van der Waals surface area contributed by atoms with Gasteiger partial charge in [-0.2, -0.15) is 13.2 Å². The first-order valence-electron chi connectivity index (χ1n) is 9.91. The number of hydrogen-bond donors (Lipinski definition) is 0. The van der Waals surface area contributed by atoms with Crippen LogP contribution in [0.25, 0.3) is 0 Å². The molecule has 0 N–H and O–H groups in total. The summed E-state index contributed by atoms with van der Waals surface area (Å²) >= 11 is 0. The van der Waals surface area contributed by atoms with Gasteiger partial charge in [-0.3, -0.25) is 9.69 Å². The Morgan fingerprint density at radius 2 is 1.64 bits per heavy atom. The third kappa shape index (κ3) is 4.97. The van der Waals surface area contributed by atoms with Crippen molar-refractivity contribution in [3.8, 4) is 0 Å². The van der Waals surface area contributed by atoms with E-state index in [2.05, 4.69) is 16.8 Å². The highest BCUT2D eigenvalue weighted by atomic mass is 19.4. The summed E-state index contributed by atoms with van der Waals surface area (Å²) in [7, 11) is 2.07. The summed E-state index contributed by atoms with van der Waals surface area (Å²) in [4.78, 5) is 20.5. The number of nitrogens with zero attached hydrogens (tertiary/aromatic N) is 4. The Labute approximate surface area is 164 Å². The van der Waals surface area contributed by atoms with E-state index in [0.29, 0.717) is 44.7 Å². The Hall–Kier alpha value is -1.80. The summed E-state index contributed by atoms with van der Waals surface area (Å²) in [6.45, 7) is 7.66. The number of carbonyl (C=O) groups excluding carboxylic acids is 1. The molecule has 2 heterocycles. The third-order valence-corrected chi connectivity index (χ3v) is 5.70. The maximum Gasteiger partial charge on any atom is 0.418 e. The number of piperazine rings is 2. The van der Waals surface area contributed by atoms with Crippen molar-refractivity contribution in [2.45, 2.75) is 19.5 Å². The number of anilines is 1. The zero-order valence-electron chi connectivity index (χ0n) is 16.6.